The number of aromatic amines is 1. The molecule has 0 bridgehead atoms. The van der Waals surface area contributed by atoms with E-state index >= 15 is 4.39 Å². The number of rotatable bonds is 10. The number of ketones is 1. The van der Waals surface area contributed by atoms with Gasteiger partial charge < -0.3 is 19.8 Å². The largest absolute Gasteiger partial charge is 0.437 e. The molecule has 0 aliphatic heterocycles. The summed E-state index contributed by atoms with van der Waals surface area (Å²) in [6, 6.07) is 8.82. The van der Waals surface area contributed by atoms with E-state index in [9.17, 15) is 14.0 Å². The fraction of sp³-hybridized carbons (Fsp3) is 0.120. The average Bonchev–Trinajstić information content (AvgIpc) is 3.29. The van der Waals surface area contributed by atoms with Crippen molar-refractivity contribution in [3.05, 3.63) is 84.2 Å². The Kier molecular flexibility index (Phi) is 7.59. The van der Waals surface area contributed by atoms with Crippen molar-refractivity contribution in [3.8, 4) is 11.6 Å². The van der Waals surface area contributed by atoms with Crippen molar-refractivity contribution in [2.45, 2.75) is 13.3 Å². The van der Waals surface area contributed by atoms with E-state index in [-0.39, 0.29) is 34.2 Å². The van der Waals surface area contributed by atoms with Gasteiger partial charge in [0.1, 0.15) is 17.1 Å². The molecule has 0 unspecified atom stereocenters. The maximum absolute atomic E-state index is 15.1. The summed E-state index contributed by atoms with van der Waals surface area (Å²) < 4.78 is 38.2. The second-order valence-corrected chi connectivity index (χ2v) is 8.40. The second kappa shape index (κ2) is 11.0. The maximum Gasteiger partial charge on any atom is 0.247 e. The van der Waals surface area contributed by atoms with Gasteiger partial charge >= 0.3 is 0 Å². The minimum Gasteiger partial charge on any atom is -0.437 e. The van der Waals surface area contributed by atoms with Crippen LogP contribution in [-0.2, 0) is 4.79 Å². The number of carbonyl (C=O) groups excluding carboxylic acids is 2. The third kappa shape index (κ3) is 5.36. The molecule has 0 radical (unpaired) electrons. The molecule has 184 valence electrons. The predicted octanol–water partition coefficient (Wildman–Crippen LogP) is 5.85. The van der Waals surface area contributed by atoms with E-state index in [2.05, 4.69) is 31.6 Å². The van der Waals surface area contributed by atoms with Crippen LogP contribution in [0.1, 0.15) is 29.3 Å². The second-order valence-electron chi connectivity index (χ2n) is 7.49. The summed E-state index contributed by atoms with van der Waals surface area (Å²) in [5, 5.41) is 2.62. The maximum atomic E-state index is 15.1. The van der Waals surface area contributed by atoms with Crippen molar-refractivity contribution < 1.29 is 23.1 Å². The van der Waals surface area contributed by atoms with Crippen molar-refractivity contribution in [1.82, 2.24) is 15.0 Å². The van der Waals surface area contributed by atoms with E-state index in [1.807, 2.05) is 6.92 Å². The molecule has 36 heavy (non-hydrogen) atoms. The summed E-state index contributed by atoms with van der Waals surface area (Å²) >= 11 is 1.26. The molecule has 0 fully saturated rings. The normalized spacial score (nSPS) is 10.8. The SMILES string of the molecule is C=CC(=O)Nc1cccc(Oc2cnc3[nH]cc(C(=O)c4c(F)ccc(NSCCC)c4F)c3n2)c1. The van der Waals surface area contributed by atoms with E-state index in [4.69, 9.17) is 4.74 Å². The fourth-order valence-electron chi connectivity index (χ4n) is 3.25. The molecule has 0 spiro atoms. The number of carbonyl (C=O) groups is 2. The van der Waals surface area contributed by atoms with Gasteiger partial charge in [-0.1, -0.05) is 31.5 Å². The molecular formula is C25H21F2N5O3S. The first-order chi connectivity index (χ1) is 17.4. The third-order valence-electron chi connectivity index (χ3n) is 4.92. The summed E-state index contributed by atoms with van der Waals surface area (Å²) in [5.74, 6) is -2.16. The number of ether oxygens (including phenoxy) is 1. The zero-order valence-corrected chi connectivity index (χ0v) is 19.9. The number of nitrogens with one attached hydrogen (secondary N) is 3. The van der Waals surface area contributed by atoms with Crippen molar-refractivity contribution in [2.24, 2.45) is 0 Å². The summed E-state index contributed by atoms with van der Waals surface area (Å²) in [7, 11) is 0. The lowest BCUT2D eigenvalue weighted by atomic mass is 10.0. The van der Waals surface area contributed by atoms with E-state index in [1.54, 1.807) is 24.3 Å². The van der Waals surface area contributed by atoms with Crippen LogP contribution in [0.4, 0.5) is 20.2 Å². The Labute approximate surface area is 209 Å². The molecule has 11 heteroatoms. The molecule has 0 aliphatic carbocycles. The predicted molar refractivity (Wildman–Crippen MR) is 135 cm³/mol. The Morgan fingerprint density at radius 1 is 1.25 bits per heavy atom. The van der Waals surface area contributed by atoms with Crippen LogP contribution < -0.4 is 14.8 Å². The number of nitrogens with zero attached hydrogens (tertiary/aromatic N) is 2. The average molecular weight is 510 g/mol. The van der Waals surface area contributed by atoms with Crippen LogP contribution in [0.15, 0.2) is 61.4 Å². The van der Waals surface area contributed by atoms with Gasteiger partial charge in [0.25, 0.3) is 0 Å². The van der Waals surface area contributed by atoms with Crippen LogP contribution in [0.5, 0.6) is 11.6 Å². The number of benzene rings is 2. The standard InChI is InChI=1S/C25H21F2N5O3S/c1-3-10-36-32-18-9-8-17(26)21(22(18)27)24(34)16-12-28-25-23(16)31-20(13-29-25)35-15-7-5-6-14(11-15)30-19(33)4-2/h4-9,11-13,32H,2-3,10H2,1H3,(H,28,29)(H,30,33). The smallest absolute Gasteiger partial charge is 0.247 e. The van der Waals surface area contributed by atoms with Crippen LogP contribution >= 0.6 is 11.9 Å². The lowest BCUT2D eigenvalue weighted by Crippen LogP contribution is -2.09. The molecule has 0 saturated carbocycles. The lowest BCUT2D eigenvalue weighted by molar-refractivity contribution is -0.111. The van der Waals surface area contributed by atoms with Crippen LogP contribution in [-0.4, -0.2) is 32.4 Å². The van der Waals surface area contributed by atoms with Gasteiger partial charge in [0, 0.05) is 23.7 Å². The van der Waals surface area contributed by atoms with Crippen LogP contribution in [0.25, 0.3) is 11.2 Å². The van der Waals surface area contributed by atoms with Gasteiger partial charge in [-0.3, -0.25) is 9.59 Å². The van der Waals surface area contributed by atoms with Gasteiger partial charge in [0.15, 0.2) is 11.5 Å². The van der Waals surface area contributed by atoms with Crippen LogP contribution in [0, 0.1) is 11.6 Å². The summed E-state index contributed by atoms with van der Waals surface area (Å²) in [4.78, 5) is 36.0. The quantitative estimate of drug-likeness (QED) is 0.106. The Balaban J connectivity index is 1.64. The number of H-pyrrole nitrogens is 1. The first-order valence-electron chi connectivity index (χ1n) is 10.9. The molecule has 3 N–H and O–H groups in total. The zero-order chi connectivity index (χ0) is 25.7. The van der Waals surface area contributed by atoms with Gasteiger partial charge in [-0.05, 0) is 36.8 Å². The van der Waals surface area contributed by atoms with Crippen LogP contribution in [0.2, 0.25) is 0 Å². The highest BCUT2D eigenvalue weighted by molar-refractivity contribution is 8.00. The molecule has 2 aromatic heterocycles. The Morgan fingerprint density at radius 3 is 2.86 bits per heavy atom. The molecule has 8 nitrogen and oxygen atoms in total. The van der Waals surface area contributed by atoms with Gasteiger partial charge in [0.05, 0.1) is 23.0 Å². The van der Waals surface area contributed by atoms with E-state index < -0.39 is 23.0 Å². The van der Waals surface area contributed by atoms with Gasteiger partial charge in [0.2, 0.25) is 17.6 Å². The Morgan fingerprint density at radius 2 is 2.08 bits per heavy atom. The molecule has 1 amide bonds. The van der Waals surface area contributed by atoms with Gasteiger partial charge in [-0.15, -0.1) is 0 Å². The third-order valence-corrected chi connectivity index (χ3v) is 5.90. The number of hydrogen-bond acceptors (Lipinski definition) is 7. The summed E-state index contributed by atoms with van der Waals surface area (Å²) in [5.41, 5.74) is 0.0531. The van der Waals surface area contributed by atoms with Crippen molar-refractivity contribution in [1.29, 1.82) is 0 Å². The van der Waals surface area contributed by atoms with Crippen molar-refractivity contribution in [2.75, 3.05) is 15.8 Å². The number of anilines is 2. The topological polar surface area (TPSA) is 109 Å². The van der Waals surface area contributed by atoms with E-state index in [0.29, 0.717) is 17.2 Å². The monoisotopic (exact) mass is 509 g/mol. The molecule has 4 rings (SSSR count). The Bertz CT molecular complexity index is 1460. The minimum absolute atomic E-state index is 0.0107. The highest BCUT2D eigenvalue weighted by atomic mass is 32.2. The van der Waals surface area contributed by atoms with E-state index in [1.165, 1.54) is 30.4 Å². The number of aromatic nitrogens is 3. The number of fused-ring (bicyclic) bond motifs is 1. The number of halogens is 2. The molecule has 4 aromatic rings. The Hall–Kier alpha value is -4.25. The van der Waals surface area contributed by atoms with E-state index in [0.717, 1.165) is 18.6 Å². The lowest BCUT2D eigenvalue weighted by Gasteiger charge is -2.10. The fourth-order valence-corrected chi connectivity index (χ4v) is 3.87. The first-order valence-corrected chi connectivity index (χ1v) is 11.9. The molecule has 2 aromatic carbocycles. The highest BCUT2D eigenvalue weighted by Crippen LogP contribution is 2.29. The molecule has 0 saturated heterocycles. The minimum atomic E-state index is -0.989. The zero-order valence-electron chi connectivity index (χ0n) is 19.1. The van der Waals surface area contributed by atoms with Crippen molar-refractivity contribution >= 4 is 46.2 Å². The summed E-state index contributed by atoms with van der Waals surface area (Å²) in [6.07, 6.45) is 4.63. The van der Waals surface area contributed by atoms with Gasteiger partial charge in [-0.25, -0.2) is 18.7 Å². The van der Waals surface area contributed by atoms with Crippen LogP contribution in [0.3, 0.4) is 0 Å². The molecule has 0 aliphatic rings. The van der Waals surface area contributed by atoms with Crippen molar-refractivity contribution in [3.63, 3.8) is 0 Å². The molecular weight excluding hydrogens is 488 g/mol. The first kappa shape index (κ1) is 24.9. The molecule has 0 atom stereocenters. The molecule has 2 heterocycles. The van der Waals surface area contributed by atoms with Gasteiger partial charge in [-0.2, -0.15) is 0 Å². The summed E-state index contributed by atoms with van der Waals surface area (Å²) in [6.45, 7) is 5.37. The number of amides is 1. The highest BCUT2D eigenvalue weighted by Gasteiger charge is 2.25. The number of hydrogen-bond donors (Lipinski definition) is 3.